The molecule has 0 aromatic rings. The summed E-state index contributed by atoms with van der Waals surface area (Å²) >= 11 is 0. The minimum absolute atomic E-state index is 0.208. The number of rotatable bonds is 6. The van der Waals surface area contributed by atoms with E-state index in [-0.39, 0.29) is 36.5 Å². The first-order chi connectivity index (χ1) is 17.7. The minimum atomic E-state index is -1.82. The van der Waals surface area contributed by atoms with E-state index in [0.29, 0.717) is 18.4 Å². The second-order valence-corrected chi connectivity index (χ2v) is 14.3. The number of hydrogen-bond acceptors (Lipinski definition) is 8. The zero-order valence-electron chi connectivity index (χ0n) is 24.1. The normalized spacial score (nSPS) is 43.7. The van der Waals surface area contributed by atoms with Gasteiger partial charge in [0, 0.05) is 36.2 Å². The van der Waals surface area contributed by atoms with Crippen molar-refractivity contribution in [1.82, 2.24) is 0 Å². The Bertz CT molecular complexity index is 1150. The molecule has 2 saturated carbocycles. The molecule has 0 radical (unpaired) electrons. The molecule has 4 aliphatic rings. The van der Waals surface area contributed by atoms with Gasteiger partial charge < -0.3 is 25.5 Å². The molecule has 0 spiro atoms. The van der Waals surface area contributed by atoms with Crippen LogP contribution in [0.4, 0.5) is 0 Å². The average Bonchev–Trinajstić information content (AvgIpc) is 3.04. The number of ketones is 3. The van der Waals surface area contributed by atoms with Gasteiger partial charge in [-0.2, -0.15) is 0 Å². The summed E-state index contributed by atoms with van der Waals surface area (Å²) in [7, 11) is 0. The molecule has 0 aromatic carbocycles. The number of aliphatic hydroxyl groups is 4. The predicted octanol–water partition coefficient (Wildman–Crippen LogP) is 2.22. The molecule has 4 rings (SSSR count). The molecule has 0 aromatic heterocycles. The molecule has 10 atom stereocenters. The molecule has 4 aliphatic carbocycles. The predicted molar refractivity (Wildman–Crippen MR) is 140 cm³/mol. The van der Waals surface area contributed by atoms with E-state index in [2.05, 4.69) is 0 Å². The Kier molecular flexibility index (Phi) is 6.95. The van der Waals surface area contributed by atoms with E-state index in [1.807, 2.05) is 20.8 Å². The van der Waals surface area contributed by atoms with Crippen molar-refractivity contribution < 1.29 is 44.7 Å². The van der Waals surface area contributed by atoms with Crippen molar-refractivity contribution in [2.24, 2.45) is 39.4 Å². The quantitative estimate of drug-likeness (QED) is 0.334. The van der Waals surface area contributed by atoms with Gasteiger partial charge in [-0.1, -0.05) is 34.6 Å². The summed E-state index contributed by atoms with van der Waals surface area (Å²) < 4.78 is 0. The Morgan fingerprint density at radius 3 is 2.23 bits per heavy atom. The first-order valence-electron chi connectivity index (χ1n) is 14.0. The number of fused-ring (bicyclic) bond motifs is 4. The standard InChI is InChI=1S/C30H44O9/c1-14(25(37)38)10-15(31)13-28(5,39)18-12-20(34)30(7)21-16(32)11-17-26(2,3)19(33)8-9-27(17,4)22(21)23(35)24(36)29(18,30)6/h14,16-19,24,32-33,36,39H,8-13H2,1-7H3,(H,37,38)/t14?,16-,17-,18+,19-,24+,27-,28-,29-,30-/m1/s1. The van der Waals surface area contributed by atoms with Crippen LogP contribution < -0.4 is 0 Å². The summed E-state index contributed by atoms with van der Waals surface area (Å²) in [5, 5.41) is 54.9. The van der Waals surface area contributed by atoms with Crippen LogP contribution in [-0.2, 0) is 19.2 Å². The Morgan fingerprint density at radius 2 is 1.67 bits per heavy atom. The molecule has 0 amide bonds. The van der Waals surface area contributed by atoms with Gasteiger partial charge in [0.2, 0.25) is 0 Å². The maximum Gasteiger partial charge on any atom is 0.306 e. The first-order valence-corrected chi connectivity index (χ1v) is 14.0. The molecular formula is C30H44O9. The molecule has 5 N–H and O–H groups in total. The van der Waals surface area contributed by atoms with Crippen molar-refractivity contribution >= 4 is 23.3 Å². The van der Waals surface area contributed by atoms with Crippen LogP contribution in [0, 0.1) is 39.4 Å². The number of carboxylic acid groups (broad SMARTS) is 1. The average molecular weight is 549 g/mol. The van der Waals surface area contributed by atoms with Crippen LogP contribution in [0.1, 0.15) is 87.0 Å². The third-order valence-electron chi connectivity index (χ3n) is 11.7. The Morgan fingerprint density at radius 1 is 1.08 bits per heavy atom. The Labute approximate surface area is 229 Å². The molecule has 9 nitrogen and oxygen atoms in total. The number of aliphatic hydroxyl groups excluding tert-OH is 3. The fourth-order valence-corrected chi connectivity index (χ4v) is 9.16. The lowest BCUT2D eigenvalue weighted by Crippen LogP contribution is -2.66. The van der Waals surface area contributed by atoms with Gasteiger partial charge in [0.05, 0.1) is 29.1 Å². The Balaban J connectivity index is 1.83. The number of aliphatic carboxylic acids is 1. The number of Topliss-reactive ketones (excluding diaryl/α,β-unsaturated/α-hetero) is 3. The van der Waals surface area contributed by atoms with E-state index in [0.717, 1.165) is 0 Å². The van der Waals surface area contributed by atoms with Crippen molar-refractivity contribution in [1.29, 1.82) is 0 Å². The van der Waals surface area contributed by atoms with Crippen LogP contribution in [0.5, 0.6) is 0 Å². The zero-order chi connectivity index (χ0) is 29.7. The second kappa shape index (κ2) is 9.03. The summed E-state index contributed by atoms with van der Waals surface area (Å²) in [5.41, 5.74) is -5.62. The minimum Gasteiger partial charge on any atom is -0.481 e. The largest absolute Gasteiger partial charge is 0.481 e. The van der Waals surface area contributed by atoms with Crippen molar-refractivity contribution in [3.05, 3.63) is 11.1 Å². The van der Waals surface area contributed by atoms with Crippen LogP contribution in [-0.4, -0.2) is 72.8 Å². The van der Waals surface area contributed by atoms with Crippen molar-refractivity contribution in [2.45, 2.75) is 111 Å². The number of hydrogen-bond donors (Lipinski definition) is 5. The van der Waals surface area contributed by atoms with Gasteiger partial charge in [-0.3, -0.25) is 19.2 Å². The van der Waals surface area contributed by atoms with E-state index in [4.69, 9.17) is 0 Å². The van der Waals surface area contributed by atoms with E-state index in [9.17, 15) is 44.7 Å². The number of carbonyl (C=O) groups is 4. The van der Waals surface area contributed by atoms with Gasteiger partial charge in [0.1, 0.15) is 17.7 Å². The highest BCUT2D eigenvalue weighted by molar-refractivity contribution is 6.08. The van der Waals surface area contributed by atoms with Crippen LogP contribution >= 0.6 is 0 Å². The summed E-state index contributed by atoms with van der Waals surface area (Å²) in [6, 6.07) is 0. The fraction of sp³-hybridized carbons (Fsp3) is 0.800. The summed E-state index contributed by atoms with van der Waals surface area (Å²) in [5.74, 6) is -4.74. The van der Waals surface area contributed by atoms with Gasteiger partial charge >= 0.3 is 5.97 Å². The third-order valence-corrected chi connectivity index (χ3v) is 11.7. The van der Waals surface area contributed by atoms with Gasteiger partial charge in [-0.15, -0.1) is 0 Å². The summed E-state index contributed by atoms with van der Waals surface area (Å²) in [6.07, 6.45) is -3.25. The maximum atomic E-state index is 14.2. The highest BCUT2D eigenvalue weighted by Crippen LogP contribution is 2.71. The van der Waals surface area contributed by atoms with E-state index >= 15 is 0 Å². The van der Waals surface area contributed by atoms with E-state index in [1.165, 1.54) is 13.8 Å². The third kappa shape index (κ3) is 3.86. The lowest BCUT2D eigenvalue weighted by atomic mass is 9.41. The van der Waals surface area contributed by atoms with Crippen LogP contribution in [0.25, 0.3) is 0 Å². The molecule has 1 unspecified atom stereocenters. The lowest BCUT2D eigenvalue weighted by molar-refractivity contribution is -0.169. The highest BCUT2D eigenvalue weighted by Gasteiger charge is 2.74. The van der Waals surface area contributed by atoms with Crippen molar-refractivity contribution in [3.8, 4) is 0 Å². The molecular weight excluding hydrogens is 504 g/mol. The van der Waals surface area contributed by atoms with E-state index in [1.54, 1.807) is 13.8 Å². The van der Waals surface area contributed by atoms with Crippen molar-refractivity contribution in [3.63, 3.8) is 0 Å². The van der Waals surface area contributed by atoms with Gasteiger partial charge in [-0.25, -0.2) is 0 Å². The highest BCUT2D eigenvalue weighted by atomic mass is 16.4. The molecule has 0 saturated heterocycles. The van der Waals surface area contributed by atoms with Gasteiger partial charge in [0.25, 0.3) is 0 Å². The number of carbonyl (C=O) groups excluding carboxylic acids is 3. The topological polar surface area (TPSA) is 169 Å². The number of carboxylic acids is 1. The SMILES string of the molecule is CC(CC(=O)C[C@@](C)(O)[C@@H]1CC(=O)[C@]2(C)C3=C(C(=O)[C@H](O)[C@@]12C)[C@]1(C)CC[C@@H](O)C(C)(C)[C@H]1C[C@H]3O)C(=O)O. The molecule has 218 valence electrons. The second-order valence-electron chi connectivity index (χ2n) is 14.3. The zero-order valence-corrected chi connectivity index (χ0v) is 24.1. The molecule has 0 bridgehead atoms. The van der Waals surface area contributed by atoms with Gasteiger partial charge in [0.15, 0.2) is 5.78 Å². The summed E-state index contributed by atoms with van der Waals surface area (Å²) in [6.45, 7) is 11.8. The molecule has 0 heterocycles. The van der Waals surface area contributed by atoms with Crippen molar-refractivity contribution in [2.75, 3.05) is 0 Å². The Hall–Kier alpha value is -1.94. The van der Waals surface area contributed by atoms with Gasteiger partial charge in [-0.05, 0) is 55.4 Å². The van der Waals surface area contributed by atoms with Crippen LogP contribution in [0.15, 0.2) is 11.1 Å². The van der Waals surface area contributed by atoms with Crippen LogP contribution in [0.2, 0.25) is 0 Å². The fourth-order valence-electron chi connectivity index (χ4n) is 9.16. The molecule has 0 aliphatic heterocycles. The van der Waals surface area contributed by atoms with Crippen LogP contribution in [0.3, 0.4) is 0 Å². The smallest absolute Gasteiger partial charge is 0.306 e. The molecule has 9 heteroatoms. The first kappa shape index (κ1) is 30.0. The maximum absolute atomic E-state index is 14.2. The monoisotopic (exact) mass is 548 g/mol. The van der Waals surface area contributed by atoms with E-state index < -0.39 is 81.4 Å². The summed E-state index contributed by atoms with van der Waals surface area (Å²) in [4.78, 5) is 52.1. The lowest BCUT2D eigenvalue weighted by Gasteiger charge is -2.62. The molecule has 39 heavy (non-hydrogen) atoms. The molecule has 2 fully saturated rings.